The first kappa shape index (κ1) is 16.3. The van der Waals surface area contributed by atoms with E-state index in [9.17, 15) is 5.11 Å². The molecule has 4 nitrogen and oxygen atoms in total. The lowest BCUT2D eigenvalue weighted by Crippen LogP contribution is -2.34. The molecule has 4 heteroatoms. The second-order valence-electron chi connectivity index (χ2n) is 4.07. The van der Waals surface area contributed by atoms with Gasteiger partial charge in [0, 0.05) is 6.54 Å². The van der Waals surface area contributed by atoms with Crippen molar-refractivity contribution < 1.29 is 14.6 Å². The molecule has 0 aromatic rings. The largest absolute Gasteiger partial charge is 0.389 e. The van der Waals surface area contributed by atoms with Gasteiger partial charge in [0.1, 0.15) is 0 Å². The van der Waals surface area contributed by atoms with Crippen LogP contribution in [0, 0.1) is 5.92 Å². The van der Waals surface area contributed by atoms with E-state index in [0.717, 1.165) is 6.54 Å². The molecular formula is C13H25NO3. The zero-order valence-electron chi connectivity index (χ0n) is 10.7. The maximum Gasteiger partial charge on any atom is 0.0897 e. The Hall–Kier alpha value is -0.680. The minimum atomic E-state index is -0.476. The summed E-state index contributed by atoms with van der Waals surface area (Å²) in [7, 11) is 0. The molecule has 0 aliphatic carbocycles. The summed E-state index contributed by atoms with van der Waals surface area (Å²) in [5.74, 6) is 0.413. The Morgan fingerprint density at radius 1 is 1.12 bits per heavy atom. The SMILES string of the molecule is C=CCOCC(C)CNCC(O)COCC=C. The van der Waals surface area contributed by atoms with Crippen molar-refractivity contribution >= 4 is 0 Å². The molecule has 2 N–H and O–H groups in total. The summed E-state index contributed by atoms with van der Waals surface area (Å²) in [4.78, 5) is 0. The van der Waals surface area contributed by atoms with Crippen molar-refractivity contribution in [1.29, 1.82) is 0 Å². The van der Waals surface area contributed by atoms with E-state index >= 15 is 0 Å². The Kier molecular flexibility index (Phi) is 11.3. The van der Waals surface area contributed by atoms with Gasteiger partial charge in [-0.3, -0.25) is 0 Å². The third-order valence-electron chi connectivity index (χ3n) is 2.06. The van der Waals surface area contributed by atoms with Crippen molar-refractivity contribution in [2.24, 2.45) is 5.92 Å². The Bertz CT molecular complexity index is 177. The van der Waals surface area contributed by atoms with E-state index in [1.807, 2.05) is 0 Å². The van der Waals surface area contributed by atoms with Crippen molar-refractivity contribution in [2.75, 3.05) is 39.5 Å². The summed E-state index contributed by atoms with van der Waals surface area (Å²) >= 11 is 0. The van der Waals surface area contributed by atoms with Crippen LogP contribution in [0.25, 0.3) is 0 Å². The number of ether oxygens (including phenoxy) is 2. The van der Waals surface area contributed by atoms with Crippen LogP contribution in [-0.4, -0.2) is 50.7 Å². The molecule has 0 radical (unpaired) electrons. The lowest BCUT2D eigenvalue weighted by atomic mass is 10.2. The van der Waals surface area contributed by atoms with Gasteiger partial charge in [-0.2, -0.15) is 0 Å². The molecule has 0 aliphatic rings. The number of aliphatic hydroxyl groups is 1. The van der Waals surface area contributed by atoms with Crippen LogP contribution in [0.1, 0.15) is 6.92 Å². The van der Waals surface area contributed by atoms with E-state index in [2.05, 4.69) is 25.4 Å². The fourth-order valence-corrected chi connectivity index (χ4v) is 1.25. The van der Waals surface area contributed by atoms with Crippen LogP contribution in [0.2, 0.25) is 0 Å². The van der Waals surface area contributed by atoms with Gasteiger partial charge >= 0.3 is 0 Å². The normalized spacial score (nSPS) is 14.2. The van der Waals surface area contributed by atoms with Gasteiger partial charge in [0.25, 0.3) is 0 Å². The van der Waals surface area contributed by atoms with Gasteiger partial charge in [-0.15, -0.1) is 13.2 Å². The Labute approximate surface area is 104 Å². The maximum atomic E-state index is 9.54. The van der Waals surface area contributed by atoms with Gasteiger partial charge in [0.05, 0.1) is 32.5 Å². The monoisotopic (exact) mass is 243 g/mol. The molecule has 0 aromatic carbocycles. The number of aliphatic hydroxyl groups excluding tert-OH is 1. The summed E-state index contributed by atoms with van der Waals surface area (Å²) in [5, 5.41) is 12.7. The van der Waals surface area contributed by atoms with E-state index in [4.69, 9.17) is 9.47 Å². The lowest BCUT2D eigenvalue weighted by Gasteiger charge is -2.15. The van der Waals surface area contributed by atoms with Gasteiger partial charge in [0.2, 0.25) is 0 Å². The minimum Gasteiger partial charge on any atom is -0.389 e. The predicted molar refractivity (Wildman–Crippen MR) is 70.1 cm³/mol. The Morgan fingerprint density at radius 3 is 2.29 bits per heavy atom. The zero-order chi connectivity index (χ0) is 12.9. The minimum absolute atomic E-state index is 0.334. The molecule has 2 atom stereocenters. The molecule has 0 heterocycles. The number of nitrogens with one attached hydrogen (secondary N) is 1. The number of hydrogen-bond acceptors (Lipinski definition) is 4. The molecule has 0 bridgehead atoms. The van der Waals surface area contributed by atoms with E-state index in [1.54, 1.807) is 12.2 Å². The van der Waals surface area contributed by atoms with Gasteiger partial charge in [-0.25, -0.2) is 0 Å². The van der Waals surface area contributed by atoms with E-state index in [-0.39, 0.29) is 0 Å². The topological polar surface area (TPSA) is 50.7 Å². The van der Waals surface area contributed by atoms with Crippen molar-refractivity contribution in [2.45, 2.75) is 13.0 Å². The average molecular weight is 243 g/mol. The fourth-order valence-electron chi connectivity index (χ4n) is 1.25. The Balaban J connectivity index is 3.35. The maximum absolute atomic E-state index is 9.54. The van der Waals surface area contributed by atoms with Crippen LogP contribution < -0.4 is 5.32 Å². The highest BCUT2D eigenvalue weighted by Gasteiger charge is 2.05. The highest BCUT2D eigenvalue weighted by Crippen LogP contribution is 1.94. The van der Waals surface area contributed by atoms with Gasteiger partial charge < -0.3 is 19.9 Å². The number of hydrogen-bond donors (Lipinski definition) is 2. The average Bonchev–Trinajstić information content (AvgIpc) is 2.30. The second kappa shape index (κ2) is 11.8. The van der Waals surface area contributed by atoms with E-state index in [1.165, 1.54) is 0 Å². The molecule has 17 heavy (non-hydrogen) atoms. The lowest BCUT2D eigenvalue weighted by molar-refractivity contribution is 0.0480. The molecular weight excluding hydrogens is 218 g/mol. The molecule has 0 spiro atoms. The summed E-state index contributed by atoms with van der Waals surface area (Å²) in [6, 6.07) is 0. The zero-order valence-corrected chi connectivity index (χ0v) is 10.7. The van der Waals surface area contributed by atoms with Crippen molar-refractivity contribution in [1.82, 2.24) is 5.32 Å². The first-order valence-corrected chi connectivity index (χ1v) is 5.96. The molecule has 0 saturated heterocycles. The first-order chi connectivity index (χ1) is 8.20. The smallest absolute Gasteiger partial charge is 0.0897 e. The van der Waals surface area contributed by atoms with E-state index < -0.39 is 6.10 Å². The van der Waals surface area contributed by atoms with Crippen LogP contribution in [0.4, 0.5) is 0 Å². The molecule has 2 unspecified atom stereocenters. The third kappa shape index (κ3) is 11.6. The predicted octanol–water partition coefficient (Wildman–Crippen LogP) is 0.978. The standard InChI is InChI=1S/C13H25NO3/c1-4-6-16-10-12(3)8-14-9-13(15)11-17-7-5-2/h4-5,12-15H,1-2,6-11H2,3H3. The van der Waals surface area contributed by atoms with Gasteiger partial charge in [0.15, 0.2) is 0 Å². The van der Waals surface area contributed by atoms with Crippen LogP contribution in [-0.2, 0) is 9.47 Å². The molecule has 0 rings (SSSR count). The van der Waals surface area contributed by atoms with Gasteiger partial charge in [-0.1, -0.05) is 19.1 Å². The summed E-state index contributed by atoms with van der Waals surface area (Å²) < 4.78 is 10.5. The molecule has 100 valence electrons. The fraction of sp³-hybridized carbons (Fsp3) is 0.692. The van der Waals surface area contributed by atoms with Crippen LogP contribution in [0.15, 0.2) is 25.3 Å². The van der Waals surface area contributed by atoms with Crippen molar-refractivity contribution in [3.8, 4) is 0 Å². The highest BCUT2D eigenvalue weighted by atomic mass is 16.5. The summed E-state index contributed by atoms with van der Waals surface area (Å²) in [6.45, 7) is 12.6. The molecule has 0 fully saturated rings. The summed E-state index contributed by atoms with van der Waals surface area (Å²) in [6.07, 6.45) is 2.93. The molecule has 0 amide bonds. The van der Waals surface area contributed by atoms with Crippen LogP contribution >= 0.6 is 0 Å². The van der Waals surface area contributed by atoms with E-state index in [0.29, 0.717) is 38.9 Å². The highest BCUT2D eigenvalue weighted by molar-refractivity contribution is 4.67. The van der Waals surface area contributed by atoms with Crippen molar-refractivity contribution in [3.63, 3.8) is 0 Å². The molecule has 0 aromatic heterocycles. The van der Waals surface area contributed by atoms with Gasteiger partial charge in [-0.05, 0) is 12.5 Å². The third-order valence-corrected chi connectivity index (χ3v) is 2.06. The summed E-state index contributed by atoms with van der Waals surface area (Å²) in [5.41, 5.74) is 0. The van der Waals surface area contributed by atoms with Crippen molar-refractivity contribution in [3.05, 3.63) is 25.3 Å². The Morgan fingerprint density at radius 2 is 1.71 bits per heavy atom. The van der Waals surface area contributed by atoms with Crippen LogP contribution in [0.3, 0.4) is 0 Å². The first-order valence-electron chi connectivity index (χ1n) is 5.96. The quantitative estimate of drug-likeness (QED) is 0.396. The molecule has 0 aliphatic heterocycles. The molecule has 0 saturated carbocycles. The second-order valence-corrected chi connectivity index (χ2v) is 4.07. The number of rotatable bonds is 12. The van der Waals surface area contributed by atoms with Crippen LogP contribution in [0.5, 0.6) is 0 Å².